The predicted molar refractivity (Wildman–Crippen MR) is 35.1 cm³/mol. The van der Waals surface area contributed by atoms with E-state index in [-0.39, 0.29) is 33.7 Å². The Hall–Kier alpha value is -0.770. The van der Waals surface area contributed by atoms with Gasteiger partial charge in [0.1, 0.15) is 5.75 Å². The smallest absolute Gasteiger partial charge is 0.335 e. The van der Waals surface area contributed by atoms with Gasteiger partial charge in [0.05, 0.1) is 5.56 Å². The first-order valence-corrected chi connectivity index (χ1v) is 2.72. The average Bonchev–Trinajstić information content (AvgIpc) is 1.88. The molecule has 0 saturated heterocycles. The number of hydrogen-bond acceptors (Lipinski definition) is 2. The van der Waals surface area contributed by atoms with Crippen molar-refractivity contribution in [2.75, 3.05) is 0 Å². The third kappa shape index (κ3) is 2.76. The van der Waals surface area contributed by atoms with Crippen LogP contribution in [0.15, 0.2) is 24.3 Å². The maximum absolute atomic E-state index is 10.2. The Kier molecular flexibility index (Phi) is 3.89. The number of carboxylic acid groups (broad SMARTS) is 1. The zero-order valence-electron chi connectivity index (χ0n) is 5.41. The van der Waals surface area contributed by atoms with E-state index in [1.807, 2.05) is 0 Å². The minimum atomic E-state index is -0.986. The summed E-state index contributed by atoms with van der Waals surface area (Å²) in [6.45, 7) is 0. The number of phenols is 1. The first kappa shape index (κ1) is 10.2. The second kappa shape index (κ2) is 4.18. The third-order valence-electron chi connectivity index (χ3n) is 1.11. The maximum atomic E-state index is 10.2. The van der Waals surface area contributed by atoms with Gasteiger partial charge in [-0.1, -0.05) is 0 Å². The number of aromatic carboxylic acids is 1. The van der Waals surface area contributed by atoms with E-state index in [0.29, 0.717) is 0 Å². The molecular formula is C7H6AgO3. The average molecular weight is 246 g/mol. The van der Waals surface area contributed by atoms with Crippen molar-refractivity contribution < 1.29 is 37.4 Å². The van der Waals surface area contributed by atoms with Gasteiger partial charge in [0, 0.05) is 22.4 Å². The number of carboxylic acids is 1. The Morgan fingerprint density at radius 3 is 2.00 bits per heavy atom. The zero-order valence-corrected chi connectivity index (χ0v) is 6.90. The molecule has 0 aliphatic carbocycles. The molecule has 2 N–H and O–H groups in total. The molecule has 0 unspecified atom stereocenters. The second-order valence-electron chi connectivity index (χ2n) is 1.85. The molecule has 1 radical (unpaired) electrons. The van der Waals surface area contributed by atoms with Crippen LogP contribution >= 0.6 is 0 Å². The Balaban J connectivity index is 0.000001000. The molecule has 0 spiro atoms. The summed E-state index contributed by atoms with van der Waals surface area (Å²) in [5.74, 6) is -0.912. The monoisotopic (exact) mass is 245 g/mol. The zero-order chi connectivity index (χ0) is 7.56. The van der Waals surface area contributed by atoms with Crippen LogP contribution in [-0.4, -0.2) is 16.2 Å². The van der Waals surface area contributed by atoms with Crippen molar-refractivity contribution in [1.82, 2.24) is 0 Å². The molecule has 1 rings (SSSR count). The minimum Gasteiger partial charge on any atom is -0.508 e. The topological polar surface area (TPSA) is 57.5 Å². The van der Waals surface area contributed by atoms with Crippen LogP contribution in [0.4, 0.5) is 0 Å². The van der Waals surface area contributed by atoms with Crippen molar-refractivity contribution in [3.63, 3.8) is 0 Å². The number of benzene rings is 1. The molecule has 0 aromatic heterocycles. The molecule has 0 atom stereocenters. The number of carbonyl (C=O) groups is 1. The van der Waals surface area contributed by atoms with Crippen molar-refractivity contribution in [3.8, 4) is 5.75 Å². The van der Waals surface area contributed by atoms with Gasteiger partial charge in [0.2, 0.25) is 0 Å². The molecular weight excluding hydrogens is 240 g/mol. The van der Waals surface area contributed by atoms with Crippen molar-refractivity contribution in [2.24, 2.45) is 0 Å². The van der Waals surface area contributed by atoms with Crippen LogP contribution in [0.5, 0.6) is 5.75 Å². The van der Waals surface area contributed by atoms with Crippen molar-refractivity contribution in [3.05, 3.63) is 29.8 Å². The van der Waals surface area contributed by atoms with Gasteiger partial charge >= 0.3 is 5.97 Å². The summed E-state index contributed by atoms with van der Waals surface area (Å²) >= 11 is 0. The summed E-state index contributed by atoms with van der Waals surface area (Å²) in [6.07, 6.45) is 0. The normalized spacial score (nSPS) is 8.36. The summed E-state index contributed by atoms with van der Waals surface area (Å²) < 4.78 is 0. The summed E-state index contributed by atoms with van der Waals surface area (Å²) in [6, 6.07) is 5.36. The van der Waals surface area contributed by atoms with E-state index >= 15 is 0 Å². The van der Waals surface area contributed by atoms with Crippen LogP contribution in [0.2, 0.25) is 0 Å². The number of hydrogen-bond donors (Lipinski definition) is 2. The fourth-order valence-electron chi connectivity index (χ4n) is 0.604. The van der Waals surface area contributed by atoms with Crippen LogP contribution in [0, 0.1) is 0 Å². The SMILES string of the molecule is O=C(O)c1ccc(O)cc1.[Ag]. The van der Waals surface area contributed by atoms with E-state index in [4.69, 9.17) is 10.2 Å². The summed E-state index contributed by atoms with van der Waals surface area (Å²) in [7, 11) is 0. The van der Waals surface area contributed by atoms with Crippen LogP contribution in [0.3, 0.4) is 0 Å². The molecule has 0 aliphatic rings. The third-order valence-corrected chi connectivity index (χ3v) is 1.11. The minimum absolute atomic E-state index is 0. The Morgan fingerprint density at radius 2 is 1.64 bits per heavy atom. The molecule has 0 amide bonds. The molecule has 11 heavy (non-hydrogen) atoms. The van der Waals surface area contributed by atoms with Gasteiger partial charge in [0.15, 0.2) is 0 Å². The van der Waals surface area contributed by atoms with Gasteiger partial charge in [-0.2, -0.15) is 0 Å². The molecule has 0 bridgehead atoms. The van der Waals surface area contributed by atoms with Crippen molar-refractivity contribution in [2.45, 2.75) is 0 Å². The fourth-order valence-corrected chi connectivity index (χ4v) is 0.604. The molecule has 0 fully saturated rings. The molecule has 1 aromatic rings. The summed E-state index contributed by atoms with van der Waals surface area (Å²) in [4.78, 5) is 10.2. The number of aromatic hydroxyl groups is 1. The van der Waals surface area contributed by atoms with E-state index in [9.17, 15) is 4.79 Å². The number of phenolic OH excluding ortho intramolecular Hbond substituents is 1. The van der Waals surface area contributed by atoms with E-state index in [2.05, 4.69) is 0 Å². The summed E-state index contributed by atoms with van der Waals surface area (Å²) in [5, 5.41) is 17.1. The van der Waals surface area contributed by atoms with Gasteiger partial charge in [-0.25, -0.2) is 4.79 Å². The summed E-state index contributed by atoms with van der Waals surface area (Å²) in [5.41, 5.74) is 0.179. The first-order valence-electron chi connectivity index (χ1n) is 2.72. The van der Waals surface area contributed by atoms with Crippen molar-refractivity contribution >= 4 is 5.97 Å². The number of rotatable bonds is 1. The Morgan fingerprint density at radius 1 is 1.18 bits per heavy atom. The van der Waals surface area contributed by atoms with Crippen LogP contribution < -0.4 is 0 Å². The fraction of sp³-hybridized carbons (Fsp3) is 0. The van der Waals surface area contributed by atoms with Gasteiger partial charge in [0.25, 0.3) is 0 Å². The Labute approximate surface area is 79.2 Å². The molecule has 1 aromatic carbocycles. The molecule has 0 heterocycles. The van der Waals surface area contributed by atoms with Crippen molar-refractivity contribution in [1.29, 1.82) is 0 Å². The van der Waals surface area contributed by atoms with E-state index < -0.39 is 5.97 Å². The van der Waals surface area contributed by atoms with Crippen LogP contribution in [0.1, 0.15) is 10.4 Å². The molecule has 63 valence electrons. The van der Waals surface area contributed by atoms with Crippen LogP contribution in [-0.2, 0) is 22.4 Å². The standard InChI is InChI=1S/C7H6O3.Ag/c8-6-3-1-5(2-4-6)7(9)10;/h1-4,8H,(H,9,10);. The van der Waals surface area contributed by atoms with Gasteiger partial charge < -0.3 is 10.2 Å². The quantitative estimate of drug-likeness (QED) is 0.729. The van der Waals surface area contributed by atoms with Gasteiger partial charge in [-0.3, -0.25) is 0 Å². The molecule has 0 saturated carbocycles. The van der Waals surface area contributed by atoms with E-state index in [0.717, 1.165) is 0 Å². The molecule has 4 heteroatoms. The van der Waals surface area contributed by atoms with E-state index in [1.54, 1.807) is 0 Å². The second-order valence-corrected chi connectivity index (χ2v) is 1.85. The van der Waals surface area contributed by atoms with Gasteiger partial charge in [-0.15, -0.1) is 0 Å². The molecule has 3 nitrogen and oxygen atoms in total. The maximum Gasteiger partial charge on any atom is 0.335 e. The largest absolute Gasteiger partial charge is 0.508 e. The predicted octanol–water partition coefficient (Wildman–Crippen LogP) is 1.09. The van der Waals surface area contributed by atoms with Gasteiger partial charge in [-0.05, 0) is 24.3 Å². The molecule has 0 aliphatic heterocycles. The Bertz CT molecular complexity index is 242. The first-order chi connectivity index (χ1) is 4.70. The van der Waals surface area contributed by atoms with Crippen LogP contribution in [0.25, 0.3) is 0 Å². The van der Waals surface area contributed by atoms with E-state index in [1.165, 1.54) is 24.3 Å².